The summed E-state index contributed by atoms with van der Waals surface area (Å²) in [4.78, 5) is 19.3. The Labute approximate surface area is 175 Å². The van der Waals surface area contributed by atoms with Gasteiger partial charge < -0.3 is 10.2 Å². The highest BCUT2D eigenvalue weighted by Gasteiger charge is 2.27. The van der Waals surface area contributed by atoms with E-state index in [1.807, 2.05) is 19.1 Å². The second-order valence-electron chi connectivity index (χ2n) is 7.87. The van der Waals surface area contributed by atoms with Crippen molar-refractivity contribution in [3.63, 3.8) is 0 Å². The van der Waals surface area contributed by atoms with Gasteiger partial charge in [-0.05, 0) is 62.6 Å². The molecular formula is C24H23FN4O. The normalized spacial score (nSPS) is 14.5. The van der Waals surface area contributed by atoms with Gasteiger partial charge in [0.1, 0.15) is 11.9 Å². The van der Waals surface area contributed by atoms with Crippen molar-refractivity contribution in [3.05, 3.63) is 65.1 Å². The molecular weight excluding hydrogens is 379 g/mol. The number of aromatic nitrogens is 1. The molecule has 4 rings (SSSR count). The highest BCUT2D eigenvalue weighted by Crippen LogP contribution is 2.33. The SMILES string of the molecule is Cc1ccc2ncc(C#N)c(N3CCC(C(=O)Nc4ccc(F)c(C)c4)CC3)c2c1. The van der Waals surface area contributed by atoms with Gasteiger partial charge in [-0.3, -0.25) is 9.78 Å². The number of hydrogen-bond donors (Lipinski definition) is 1. The molecule has 1 amide bonds. The van der Waals surface area contributed by atoms with Crippen LogP contribution in [0.1, 0.15) is 29.5 Å². The van der Waals surface area contributed by atoms with E-state index in [1.54, 1.807) is 25.3 Å². The number of amides is 1. The van der Waals surface area contributed by atoms with Gasteiger partial charge in [-0.15, -0.1) is 0 Å². The number of carbonyl (C=O) groups is 1. The third kappa shape index (κ3) is 3.84. The van der Waals surface area contributed by atoms with Gasteiger partial charge in [0.15, 0.2) is 0 Å². The number of nitrogens with one attached hydrogen (secondary N) is 1. The minimum absolute atomic E-state index is 0.0448. The Morgan fingerprint density at radius 2 is 1.97 bits per heavy atom. The van der Waals surface area contributed by atoms with E-state index in [2.05, 4.69) is 27.3 Å². The Kier molecular flexibility index (Phi) is 5.37. The Bertz CT molecular complexity index is 1160. The van der Waals surface area contributed by atoms with Crippen LogP contribution < -0.4 is 10.2 Å². The van der Waals surface area contributed by atoms with E-state index in [4.69, 9.17) is 0 Å². The zero-order chi connectivity index (χ0) is 21.3. The van der Waals surface area contributed by atoms with E-state index in [1.165, 1.54) is 6.07 Å². The molecule has 1 fully saturated rings. The molecule has 1 aliphatic rings. The maximum atomic E-state index is 13.4. The molecule has 0 bridgehead atoms. The zero-order valence-corrected chi connectivity index (χ0v) is 17.1. The molecule has 6 heteroatoms. The largest absolute Gasteiger partial charge is 0.370 e. The zero-order valence-electron chi connectivity index (χ0n) is 17.1. The van der Waals surface area contributed by atoms with Crippen molar-refractivity contribution in [2.75, 3.05) is 23.3 Å². The van der Waals surface area contributed by atoms with E-state index < -0.39 is 0 Å². The van der Waals surface area contributed by atoms with E-state index >= 15 is 0 Å². The van der Waals surface area contributed by atoms with E-state index in [0.29, 0.717) is 42.7 Å². The summed E-state index contributed by atoms with van der Waals surface area (Å²) in [5, 5.41) is 13.5. The van der Waals surface area contributed by atoms with Crippen LogP contribution in [0.3, 0.4) is 0 Å². The predicted octanol–water partition coefficient (Wildman–Crippen LogP) is 4.72. The van der Waals surface area contributed by atoms with E-state index in [0.717, 1.165) is 22.2 Å². The quantitative estimate of drug-likeness (QED) is 0.688. The van der Waals surface area contributed by atoms with Crippen molar-refractivity contribution in [2.24, 2.45) is 5.92 Å². The lowest BCUT2D eigenvalue weighted by Crippen LogP contribution is -2.38. The third-order valence-corrected chi connectivity index (χ3v) is 5.72. The second-order valence-corrected chi connectivity index (χ2v) is 7.87. The highest BCUT2D eigenvalue weighted by molar-refractivity contribution is 5.96. The first kappa shape index (κ1) is 19.8. The van der Waals surface area contributed by atoms with Crippen molar-refractivity contribution in [1.29, 1.82) is 5.26 Å². The van der Waals surface area contributed by atoms with Gasteiger partial charge in [0, 0.05) is 36.3 Å². The number of pyridine rings is 1. The number of anilines is 2. The van der Waals surface area contributed by atoms with Gasteiger partial charge in [-0.1, -0.05) is 11.6 Å². The summed E-state index contributed by atoms with van der Waals surface area (Å²) in [6.45, 7) is 5.07. The molecule has 152 valence electrons. The number of piperidine rings is 1. The van der Waals surface area contributed by atoms with Crippen LogP contribution in [0, 0.1) is 36.9 Å². The van der Waals surface area contributed by atoms with Crippen molar-refractivity contribution >= 4 is 28.2 Å². The highest BCUT2D eigenvalue weighted by atomic mass is 19.1. The number of fused-ring (bicyclic) bond motifs is 1. The molecule has 2 aromatic carbocycles. The van der Waals surface area contributed by atoms with Gasteiger partial charge in [0.2, 0.25) is 5.91 Å². The summed E-state index contributed by atoms with van der Waals surface area (Å²) < 4.78 is 13.4. The van der Waals surface area contributed by atoms with Crippen LogP contribution >= 0.6 is 0 Å². The molecule has 3 aromatic rings. The predicted molar refractivity (Wildman–Crippen MR) is 116 cm³/mol. The van der Waals surface area contributed by atoms with Gasteiger partial charge in [0.05, 0.1) is 16.8 Å². The maximum absolute atomic E-state index is 13.4. The topological polar surface area (TPSA) is 69.0 Å². The second kappa shape index (κ2) is 8.11. The van der Waals surface area contributed by atoms with Crippen LogP contribution in [-0.4, -0.2) is 24.0 Å². The minimum atomic E-state index is -0.283. The van der Waals surface area contributed by atoms with Crippen LogP contribution in [0.4, 0.5) is 15.8 Å². The van der Waals surface area contributed by atoms with Gasteiger partial charge in [-0.2, -0.15) is 5.26 Å². The first-order valence-electron chi connectivity index (χ1n) is 10.1. The van der Waals surface area contributed by atoms with Gasteiger partial charge >= 0.3 is 0 Å². The number of nitriles is 1. The third-order valence-electron chi connectivity index (χ3n) is 5.72. The van der Waals surface area contributed by atoms with Crippen molar-refractivity contribution in [1.82, 2.24) is 4.98 Å². The molecule has 2 heterocycles. The van der Waals surface area contributed by atoms with Crippen molar-refractivity contribution in [2.45, 2.75) is 26.7 Å². The molecule has 0 unspecified atom stereocenters. The Balaban J connectivity index is 1.51. The number of aryl methyl sites for hydroxylation is 2. The number of benzene rings is 2. The number of rotatable bonds is 3. The fourth-order valence-electron chi connectivity index (χ4n) is 4.05. The summed E-state index contributed by atoms with van der Waals surface area (Å²) in [6.07, 6.45) is 3.00. The van der Waals surface area contributed by atoms with Crippen LogP contribution in [0.25, 0.3) is 10.9 Å². The molecule has 5 nitrogen and oxygen atoms in total. The molecule has 0 radical (unpaired) electrons. The fourth-order valence-corrected chi connectivity index (χ4v) is 4.05. The average Bonchev–Trinajstić information content (AvgIpc) is 2.75. The van der Waals surface area contributed by atoms with Crippen molar-refractivity contribution < 1.29 is 9.18 Å². The molecule has 1 N–H and O–H groups in total. The van der Waals surface area contributed by atoms with E-state index in [-0.39, 0.29) is 17.6 Å². The fraction of sp³-hybridized carbons (Fsp3) is 0.292. The minimum Gasteiger partial charge on any atom is -0.370 e. The average molecular weight is 402 g/mol. The van der Waals surface area contributed by atoms with E-state index in [9.17, 15) is 14.4 Å². The number of nitrogens with zero attached hydrogens (tertiary/aromatic N) is 3. The molecule has 0 saturated carbocycles. The van der Waals surface area contributed by atoms with Gasteiger partial charge in [0.25, 0.3) is 0 Å². The number of hydrogen-bond acceptors (Lipinski definition) is 4. The first-order valence-corrected chi connectivity index (χ1v) is 10.1. The van der Waals surface area contributed by atoms with Crippen LogP contribution in [0.5, 0.6) is 0 Å². The number of carbonyl (C=O) groups excluding carboxylic acids is 1. The smallest absolute Gasteiger partial charge is 0.227 e. The van der Waals surface area contributed by atoms with Crippen LogP contribution in [0.2, 0.25) is 0 Å². The molecule has 0 aliphatic carbocycles. The van der Waals surface area contributed by atoms with Crippen molar-refractivity contribution in [3.8, 4) is 6.07 Å². The lowest BCUT2D eigenvalue weighted by Gasteiger charge is -2.34. The first-order chi connectivity index (χ1) is 14.5. The monoisotopic (exact) mass is 402 g/mol. The Morgan fingerprint density at radius 1 is 1.20 bits per heavy atom. The summed E-state index contributed by atoms with van der Waals surface area (Å²) in [6, 6.07) is 12.9. The lowest BCUT2D eigenvalue weighted by atomic mass is 9.94. The summed E-state index contributed by atoms with van der Waals surface area (Å²) in [5.74, 6) is -0.446. The molecule has 0 atom stereocenters. The molecule has 0 spiro atoms. The molecule has 1 aromatic heterocycles. The van der Waals surface area contributed by atoms with Crippen LogP contribution in [0.15, 0.2) is 42.6 Å². The molecule has 1 saturated heterocycles. The van der Waals surface area contributed by atoms with Crippen LogP contribution in [-0.2, 0) is 4.79 Å². The maximum Gasteiger partial charge on any atom is 0.227 e. The molecule has 1 aliphatic heterocycles. The molecule has 30 heavy (non-hydrogen) atoms. The summed E-state index contributed by atoms with van der Waals surface area (Å²) in [5.41, 5.74) is 4.55. The number of halogens is 1. The lowest BCUT2D eigenvalue weighted by molar-refractivity contribution is -0.120. The van der Waals surface area contributed by atoms with Gasteiger partial charge in [-0.25, -0.2) is 4.39 Å². The Morgan fingerprint density at radius 3 is 2.67 bits per heavy atom. The Hall–Kier alpha value is -3.46. The standard InChI is InChI=1S/C24H23FN4O/c1-15-3-6-22-20(11-15)23(18(13-26)14-27-22)29-9-7-17(8-10-29)24(30)28-19-4-5-21(25)16(2)12-19/h3-6,11-12,14,17H,7-10H2,1-2H3,(H,28,30). The summed E-state index contributed by atoms with van der Waals surface area (Å²) >= 11 is 0. The summed E-state index contributed by atoms with van der Waals surface area (Å²) in [7, 11) is 0.